The number of amides is 1. The summed E-state index contributed by atoms with van der Waals surface area (Å²) in [5.41, 5.74) is 3.11. The Bertz CT molecular complexity index is 1020. The van der Waals surface area contributed by atoms with E-state index in [2.05, 4.69) is 5.32 Å². The van der Waals surface area contributed by atoms with Crippen molar-refractivity contribution < 1.29 is 9.53 Å². The zero-order valence-corrected chi connectivity index (χ0v) is 15.4. The molecule has 1 atom stereocenters. The second kappa shape index (κ2) is 7.07. The number of carbonyl (C=O) groups is 1. The third-order valence-electron chi connectivity index (χ3n) is 4.57. The summed E-state index contributed by atoms with van der Waals surface area (Å²) in [6, 6.07) is 13.0. The lowest BCUT2D eigenvalue weighted by Crippen LogP contribution is -2.32. The molecule has 1 amide bonds. The number of fused-ring (bicyclic) bond motifs is 1. The summed E-state index contributed by atoms with van der Waals surface area (Å²) in [5, 5.41) is 2.89. The molecule has 1 aromatic heterocycles. The van der Waals surface area contributed by atoms with E-state index in [4.69, 9.17) is 4.74 Å². The van der Waals surface area contributed by atoms with E-state index in [1.54, 1.807) is 35.4 Å². The van der Waals surface area contributed by atoms with Crippen LogP contribution < -0.4 is 15.7 Å². The molecule has 3 rings (SSSR count). The Labute approximate surface area is 152 Å². The van der Waals surface area contributed by atoms with Crippen LogP contribution in [0.1, 0.15) is 18.9 Å². The molecule has 0 fully saturated rings. The van der Waals surface area contributed by atoms with Crippen LogP contribution in [0.4, 0.5) is 5.69 Å². The van der Waals surface area contributed by atoms with E-state index in [9.17, 15) is 9.59 Å². The fourth-order valence-electron chi connectivity index (χ4n) is 2.97. The van der Waals surface area contributed by atoms with Gasteiger partial charge in [-0.15, -0.1) is 0 Å². The highest BCUT2D eigenvalue weighted by molar-refractivity contribution is 5.96. The predicted octanol–water partition coefficient (Wildman–Crippen LogP) is 2.98. The van der Waals surface area contributed by atoms with Crippen LogP contribution in [0.2, 0.25) is 0 Å². The Kier molecular flexibility index (Phi) is 4.84. The number of ether oxygens (including phenoxy) is 1. The second-order valence-electron chi connectivity index (χ2n) is 6.37. The molecule has 0 aliphatic heterocycles. The van der Waals surface area contributed by atoms with Gasteiger partial charge in [-0.25, -0.2) is 4.79 Å². The third kappa shape index (κ3) is 3.22. The van der Waals surface area contributed by atoms with Gasteiger partial charge < -0.3 is 10.1 Å². The SMILES string of the molecule is CC[C@@H](Oc1ccccc1C)C(=O)Nc1ccc2c(c1)n(C)c(=O)n2C. The molecule has 3 aromatic rings. The van der Waals surface area contributed by atoms with Crippen molar-refractivity contribution in [2.45, 2.75) is 26.4 Å². The van der Waals surface area contributed by atoms with Crippen LogP contribution in [-0.2, 0) is 18.9 Å². The Hall–Kier alpha value is -3.02. The smallest absolute Gasteiger partial charge is 0.328 e. The van der Waals surface area contributed by atoms with Gasteiger partial charge in [0.2, 0.25) is 0 Å². The first kappa shape index (κ1) is 17.8. The number of nitrogens with one attached hydrogen (secondary N) is 1. The van der Waals surface area contributed by atoms with Gasteiger partial charge in [0, 0.05) is 19.8 Å². The molecule has 0 radical (unpaired) electrons. The maximum Gasteiger partial charge on any atom is 0.328 e. The summed E-state index contributed by atoms with van der Waals surface area (Å²) >= 11 is 0. The molecule has 136 valence electrons. The highest BCUT2D eigenvalue weighted by Gasteiger charge is 2.20. The topological polar surface area (TPSA) is 65.3 Å². The van der Waals surface area contributed by atoms with Gasteiger partial charge in [-0.3, -0.25) is 13.9 Å². The monoisotopic (exact) mass is 353 g/mol. The summed E-state index contributed by atoms with van der Waals surface area (Å²) in [7, 11) is 3.44. The summed E-state index contributed by atoms with van der Waals surface area (Å²) in [5.74, 6) is 0.492. The van der Waals surface area contributed by atoms with E-state index < -0.39 is 6.10 Å². The average Bonchev–Trinajstić information content (AvgIpc) is 2.85. The first-order valence-electron chi connectivity index (χ1n) is 8.61. The third-order valence-corrected chi connectivity index (χ3v) is 4.57. The average molecular weight is 353 g/mol. The summed E-state index contributed by atoms with van der Waals surface area (Å²) in [6.45, 7) is 3.86. The maximum atomic E-state index is 12.6. The summed E-state index contributed by atoms with van der Waals surface area (Å²) in [4.78, 5) is 24.7. The van der Waals surface area contributed by atoms with Gasteiger partial charge >= 0.3 is 5.69 Å². The minimum Gasteiger partial charge on any atom is -0.480 e. The molecule has 6 nitrogen and oxygen atoms in total. The van der Waals surface area contributed by atoms with Crippen molar-refractivity contribution in [1.82, 2.24) is 9.13 Å². The highest BCUT2D eigenvalue weighted by Crippen LogP contribution is 2.21. The predicted molar refractivity (Wildman–Crippen MR) is 103 cm³/mol. The molecule has 1 heterocycles. The van der Waals surface area contributed by atoms with Gasteiger partial charge in [-0.05, 0) is 43.2 Å². The van der Waals surface area contributed by atoms with Crippen molar-refractivity contribution in [3.8, 4) is 5.75 Å². The Balaban J connectivity index is 1.82. The number of anilines is 1. The molecule has 0 spiro atoms. The zero-order valence-electron chi connectivity index (χ0n) is 15.4. The zero-order chi connectivity index (χ0) is 18.8. The Morgan fingerprint density at radius 3 is 2.50 bits per heavy atom. The molecular formula is C20H23N3O3. The summed E-state index contributed by atoms with van der Waals surface area (Å²) < 4.78 is 9.03. The lowest BCUT2D eigenvalue weighted by Gasteiger charge is -2.18. The molecule has 0 aliphatic carbocycles. The van der Waals surface area contributed by atoms with E-state index in [1.165, 1.54) is 0 Å². The van der Waals surface area contributed by atoms with Crippen molar-refractivity contribution in [1.29, 1.82) is 0 Å². The van der Waals surface area contributed by atoms with Gasteiger partial charge in [0.1, 0.15) is 5.75 Å². The van der Waals surface area contributed by atoms with Gasteiger partial charge in [-0.2, -0.15) is 0 Å². The number of hydrogen-bond donors (Lipinski definition) is 1. The van der Waals surface area contributed by atoms with Gasteiger partial charge in [0.05, 0.1) is 11.0 Å². The molecule has 26 heavy (non-hydrogen) atoms. The quantitative estimate of drug-likeness (QED) is 0.767. The molecule has 0 saturated heterocycles. The van der Waals surface area contributed by atoms with Crippen LogP contribution in [0, 0.1) is 6.92 Å². The van der Waals surface area contributed by atoms with E-state index in [-0.39, 0.29) is 11.6 Å². The van der Waals surface area contributed by atoms with Crippen molar-refractivity contribution >= 4 is 22.6 Å². The van der Waals surface area contributed by atoms with E-state index in [1.807, 2.05) is 44.2 Å². The Morgan fingerprint density at radius 2 is 1.81 bits per heavy atom. The van der Waals surface area contributed by atoms with Gasteiger partial charge in [0.15, 0.2) is 6.10 Å². The number of imidazole rings is 1. The van der Waals surface area contributed by atoms with Crippen LogP contribution in [0.25, 0.3) is 11.0 Å². The first-order valence-corrected chi connectivity index (χ1v) is 8.61. The van der Waals surface area contributed by atoms with Crippen molar-refractivity contribution in [3.63, 3.8) is 0 Å². The summed E-state index contributed by atoms with van der Waals surface area (Å²) in [6.07, 6.45) is -0.0435. The molecule has 2 aromatic carbocycles. The number of aromatic nitrogens is 2. The van der Waals surface area contributed by atoms with E-state index in [0.717, 1.165) is 16.6 Å². The first-order chi connectivity index (χ1) is 12.4. The maximum absolute atomic E-state index is 12.6. The molecular weight excluding hydrogens is 330 g/mol. The number of nitrogens with zero attached hydrogens (tertiary/aromatic N) is 2. The van der Waals surface area contributed by atoms with Crippen molar-refractivity contribution in [2.75, 3.05) is 5.32 Å². The van der Waals surface area contributed by atoms with E-state index in [0.29, 0.717) is 17.9 Å². The Morgan fingerprint density at radius 1 is 1.12 bits per heavy atom. The van der Waals surface area contributed by atoms with Crippen LogP contribution >= 0.6 is 0 Å². The minimum atomic E-state index is -0.591. The molecule has 1 N–H and O–H groups in total. The molecule has 6 heteroatoms. The van der Waals surface area contributed by atoms with Crippen LogP contribution in [0.15, 0.2) is 47.3 Å². The number of para-hydroxylation sites is 1. The largest absolute Gasteiger partial charge is 0.480 e. The minimum absolute atomic E-state index is 0.0993. The van der Waals surface area contributed by atoms with E-state index >= 15 is 0 Å². The lowest BCUT2D eigenvalue weighted by atomic mass is 10.2. The van der Waals surface area contributed by atoms with Crippen molar-refractivity contribution in [2.24, 2.45) is 14.1 Å². The lowest BCUT2D eigenvalue weighted by molar-refractivity contribution is -0.122. The number of hydrogen-bond acceptors (Lipinski definition) is 3. The van der Waals surface area contributed by atoms with Gasteiger partial charge in [-0.1, -0.05) is 25.1 Å². The molecule has 0 saturated carbocycles. The second-order valence-corrected chi connectivity index (χ2v) is 6.37. The standard InChI is InChI=1S/C20H23N3O3/c1-5-17(26-18-9-7-6-8-13(18)2)19(24)21-14-10-11-15-16(12-14)23(4)20(25)22(15)3/h6-12,17H,5H2,1-4H3,(H,21,24)/t17-/m1/s1. The van der Waals surface area contributed by atoms with Crippen molar-refractivity contribution in [3.05, 3.63) is 58.5 Å². The number of aryl methyl sites for hydroxylation is 3. The normalized spacial score (nSPS) is 12.2. The van der Waals surface area contributed by atoms with Crippen LogP contribution in [0.3, 0.4) is 0 Å². The number of benzene rings is 2. The van der Waals surface area contributed by atoms with Crippen LogP contribution in [-0.4, -0.2) is 21.1 Å². The molecule has 0 unspecified atom stereocenters. The molecule has 0 bridgehead atoms. The number of carbonyl (C=O) groups excluding carboxylic acids is 1. The fraction of sp³-hybridized carbons (Fsp3) is 0.300. The van der Waals surface area contributed by atoms with Crippen LogP contribution in [0.5, 0.6) is 5.75 Å². The highest BCUT2D eigenvalue weighted by atomic mass is 16.5. The molecule has 0 aliphatic rings. The fourth-order valence-corrected chi connectivity index (χ4v) is 2.97. The number of rotatable bonds is 5. The van der Waals surface area contributed by atoms with Gasteiger partial charge in [0.25, 0.3) is 5.91 Å².